The molecule has 2 aromatic carbocycles. The Morgan fingerprint density at radius 2 is 1.44 bits per heavy atom. The van der Waals surface area contributed by atoms with Crippen molar-refractivity contribution in [2.45, 2.75) is 25.7 Å². The van der Waals surface area contributed by atoms with Gasteiger partial charge in [0.25, 0.3) is 10.1 Å². The third-order valence-corrected chi connectivity index (χ3v) is 4.52. The molecule has 2 aromatic rings. The highest BCUT2D eigenvalue weighted by Crippen LogP contribution is 2.16. The van der Waals surface area contributed by atoms with Gasteiger partial charge >= 0.3 is 0 Å². The summed E-state index contributed by atoms with van der Waals surface area (Å²) in [6, 6.07) is 16.2. The fourth-order valence-electron chi connectivity index (χ4n) is 2.39. The molecule has 1 N–H and O–H groups in total. The van der Waals surface area contributed by atoms with Crippen molar-refractivity contribution in [2.75, 3.05) is 12.4 Å². The maximum Gasteiger partial charge on any atom is 0.264 e. The van der Waals surface area contributed by atoms with Crippen molar-refractivity contribution in [2.24, 2.45) is 0 Å². The molecule has 0 unspecified atom stereocenters. The van der Waals surface area contributed by atoms with Gasteiger partial charge in [-0.2, -0.15) is 8.42 Å². The molecular formula is C19H22O5S. The first kappa shape index (κ1) is 19.1. The van der Waals surface area contributed by atoms with E-state index in [0.717, 1.165) is 19.3 Å². The van der Waals surface area contributed by atoms with Crippen molar-refractivity contribution in [1.29, 1.82) is 0 Å². The van der Waals surface area contributed by atoms with Crippen LogP contribution in [0.5, 0.6) is 5.75 Å². The van der Waals surface area contributed by atoms with Gasteiger partial charge in [0.15, 0.2) is 5.78 Å². The normalized spacial score (nSPS) is 11.2. The summed E-state index contributed by atoms with van der Waals surface area (Å²) in [7, 11) is -3.85. The van der Waals surface area contributed by atoms with Crippen LogP contribution >= 0.6 is 0 Å². The van der Waals surface area contributed by atoms with E-state index in [1.807, 2.05) is 18.2 Å². The van der Waals surface area contributed by atoms with Crippen molar-refractivity contribution in [3.63, 3.8) is 0 Å². The second-order valence-electron chi connectivity index (χ2n) is 5.77. The summed E-state index contributed by atoms with van der Waals surface area (Å²) >= 11 is 0. The molecule has 0 heterocycles. The Hall–Kier alpha value is -2.18. The number of carbonyl (C=O) groups excluding carboxylic acids is 1. The van der Waals surface area contributed by atoms with E-state index in [1.165, 1.54) is 0 Å². The minimum absolute atomic E-state index is 0.0222. The molecule has 0 atom stereocenters. The van der Waals surface area contributed by atoms with Crippen molar-refractivity contribution in [3.05, 3.63) is 65.7 Å². The Bertz CT molecular complexity index is 767. The number of hydrogen-bond donors (Lipinski definition) is 1. The number of hydrogen-bond acceptors (Lipinski definition) is 4. The van der Waals surface area contributed by atoms with Gasteiger partial charge in [0.05, 0.1) is 12.4 Å². The molecule has 134 valence electrons. The van der Waals surface area contributed by atoms with E-state index < -0.39 is 10.1 Å². The van der Waals surface area contributed by atoms with Crippen LogP contribution in [0.2, 0.25) is 0 Å². The van der Waals surface area contributed by atoms with Gasteiger partial charge in [-0.05, 0) is 37.1 Å². The molecule has 2 rings (SSSR count). The van der Waals surface area contributed by atoms with Crippen LogP contribution in [0, 0.1) is 0 Å². The zero-order chi connectivity index (χ0) is 18.1. The first-order valence-electron chi connectivity index (χ1n) is 8.23. The number of ketones is 1. The van der Waals surface area contributed by atoms with Crippen LogP contribution in [0.4, 0.5) is 0 Å². The van der Waals surface area contributed by atoms with Crippen molar-refractivity contribution in [3.8, 4) is 5.75 Å². The lowest BCUT2D eigenvalue weighted by Crippen LogP contribution is -2.04. The molecule has 0 bridgehead atoms. The predicted molar refractivity (Wildman–Crippen MR) is 96.7 cm³/mol. The van der Waals surface area contributed by atoms with Crippen molar-refractivity contribution >= 4 is 15.9 Å². The molecular weight excluding hydrogens is 340 g/mol. The molecule has 6 heteroatoms. The van der Waals surface area contributed by atoms with E-state index >= 15 is 0 Å². The lowest BCUT2D eigenvalue weighted by molar-refractivity contribution is 0.103. The summed E-state index contributed by atoms with van der Waals surface area (Å²) in [4.78, 5) is 12.3. The number of rotatable bonds is 10. The molecule has 5 nitrogen and oxygen atoms in total. The minimum Gasteiger partial charge on any atom is -0.494 e. The van der Waals surface area contributed by atoms with Gasteiger partial charge in [-0.3, -0.25) is 9.35 Å². The largest absolute Gasteiger partial charge is 0.494 e. The van der Waals surface area contributed by atoms with E-state index in [2.05, 4.69) is 0 Å². The lowest BCUT2D eigenvalue weighted by Gasteiger charge is -2.07. The number of benzene rings is 2. The predicted octanol–water partition coefficient (Wildman–Crippen LogP) is 3.74. The monoisotopic (exact) mass is 362 g/mol. The standard InChI is InChI=1S/C19H22O5S/c20-19(16-8-4-3-5-9-16)17-10-12-18(13-11-17)24-14-6-1-2-7-15-25(21,22)23/h3-5,8-13H,1-2,6-7,14-15H2,(H,21,22,23). The van der Waals surface area contributed by atoms with Crippen molar-refractivity contribution < 1.29 is 22.5 Å². The fraction of sp³-hybridized carbons (Fsp3) is 0.316. The van der Waals surface area contributed by atoms with Gasteiger partial charge in [-0.1, -0.05) is 43.2 Å². The van der Waals surface area contributed by atoms with E-state index in [0.29, 0.717) is 29.9 Å². The van der Waals surface area contributed by atoms with Crippen LogP contribution in [0.1, 0.15) is 41.6 Å². The minimum atomic E-state index is -3.85. The molecule has 0 aromatic heterocycles. The number of ether oxygens (including phenoxy) is 1. The Kier molecular flexibility index (Phi) is 7.16. The molecule has 0 saturated heterocycles. The zero-order valence-corrected chi connectivity index (χ0v) is 14.7. The third kappa shape index (κ3) is 7.07. The maximum absolute atomic E-state index is 12.3. The fourth-order valence-corrected chi connectivity index (χ4v) is 2.96. The summed E-state index contributed by atoms with van der Waals surface area (Å²) in [5.74, 6) is 0.485. The first-order valence-corrected chi connectivity index (χ1v) is 9.84. The Labute approximate surface area is 148 Å². The average molecular weight is 362 g/mol. The molecule has 0 aliphatic rings. The van der Waals surface area contributed by atoms with Gasteiger partial charge in [0.1, 0.15) is 5.75 Å². The second-order valence-corrected chi connectivity index (χ2v) is 7.34. The number of unbranched alkanes of at least 4 members (excludes halogenated alkanes) is 3. The van der Waals surface area contributed by atoms with Crippen LogP contribution in [-0.4, -0.2) is 31.1 Å². The van der Waals surface area contributed by atoms with Crippen LogP contribution in [-0.2, 0) is 10.1 Å². The SMILES string of the molecule is O=C(c1ccccc1)c1ccc(OCCCCCCS(=O)(=O)O)cc1. The summed E-state index contributed by atoms with van der Waals surface area (Å²) in [5.41, 5.74) is 1.27. The highest BCUT2D eigenvalue weighted by Gasteiger charge is 2.08. The van der Waals surface area contributed by atoms with Crippen LogP contribution in [0.3, 0.4) is 0 Å². The Morgan fingerprint density at radius 3 is 2.08 bits per heavy atom. The van der Waals surface area contributed by atoms with E-state index in [4.69, 9.17) is 9.29 Å². The van der Waals surface area contributed by atoms with Gasteiger partial charge in [-0.25, -0.2) is 0 Å². The van der Waals surface area contributed by atoms with E-state index in [-0.39, 0.29) is 11.5 Å². The first-order chi connectivity index (χ1) is 12.0. The highest BCUT2D eigenvalue weighted by atomic mass is 32.2. The lowest BCUT2D eigenvalue weighted by atomic mass is 10.0. The molecule has 0 fully saturated rings. The molecule has 0 aliphatic heterocycles. The van der Waals surface area contributed by atoms with E-state index in [9.17, 15) is 13.2 Å². The Balaban J connectivity index is 1.71. The molecule has 0 radical (unpaired) electrons. The number of carbonyl (C=O) groups is 1. The summed E-state index contributed by atoms with van der Waals surface area (Å²) in [6.07, 6.45) is 2.82. The molecule has 0 spiro atoms. The topological polar surface area (TPSA) is 80.7 Å². The maximum atomic E-state index is 12.3. The van der Waals surface area contributed by atoms with Crippen LogP contribution in [0.25, 0.3) is 0 Å². The average Bonchev–Trinajstić information content (AvgIpc) is 2.60. The smallest absolute Gasteiger partial charge is 0.264 e. The van der Waals surface area contributed by atoms with Gasteiger partial charge in [0, 0.05) is 11.1 Å². The van der Waals surface area contributed by atoms with Crippen molar-refractivity contribution in [1.82, 2.24) is 0 Å². The third-order valence-electron chi connectivity index (χ3n) is 3.72. The summed E-state index contributed by atoms with van der Waals surface area (Å²) in [5, 5.41) is 0. The summed E-state index contributed by atoms with van der Waals surface area (Å²) in [6.45, 7) is 0.526. The molecule has 0 saturated carbocycles. The summed E-state index contributed by atoms with van der Waals surface area (Å²) < 4.78 is 35.4. The van der Waals surface area contributed by atoms with Gasteiger partial charge in [-0.15, -0.1) is 0 Å². The van der Waals surface area contributed by atoms with Crippen LogP contribution < -0.4 is 4.74 Å². The molecule has 0 aliphatic carbocycles. The van der Waals surface area contributed by atoms with Gasteiger partial charge in [0.2, 0.25) is 0 Å². The highest BCUT2D eigenvalue weighted by molar-refractivity contribution is 7.85. The molecule has 25 heavy (non-hydrogen) atoms. The molecule has 0 amide bonds. The van der Waals surface area contributed by atoms with Crippen LogP contribution in [0.15, 0.2) is 54.6 Å². The zero-order valence-electron chi connectivity index (χ0n) is 13.9. The Morgan fingerprint density at radius 1 is 0.840 bits per heavy atom. The van der Waals surface area contributed by atoms with Gasteiger partial charge < -0.3 is 4.74 Å². The second kappa shape index (κ2) is 9.34. The van der Waals surface area contributed by atoms with E-state index in [1.54, 1.807) is 36.4 Å². The quantitative estimate of drug-likeness (QED) is 0.395.